The largest absolute Gasteiger partial charge is 0.336 e. The van der Waals surface area contributed by atoms with E-state index in [1.54, 1.807) is 17.5 Å². The van der Waals surface area contributed by atoms with Crippen LogP contribution in [0.25, 0.3) is 0 Å². The van der Waals surface area contributed by atoms with Crippen LogP contribution in [0.1, 0.15) is 30.4 Å². The Bertz CT molecular complexity index is 790. The van der Waals surface area contributed by atoms with E-state index in [9.17, 15) is 17.6 Å². The fourth-order valence-electron chi connectivity index (χ4n) is 2.19. The van der Waals surface area contributed by atoms with Crippen LogP contribution < -0.4 is 10.6 Å². The predicted octanol–water partition coefficient (Wildman–Crippen LogP) is 3.50. The van der Waals surface area contributed by atoms with Crippen LogP contribution in [0.15, 0.2) is 46.7 Å². The minimum atomic E-state index is -3.77. The number of amides is 2. The molecule has 0 saturated carbocycles. The summed E-state index contributed by atoms with van der Waals surface area (Å²) in [4.78, 5) is 12.6. The lowest BCUT2D eigenvalue weighted by Gasteiger charge is -2.19. The van der Waals surface area contributed by atoms with Gasteiger partial charge in [0.2, 0.25) is 0 Å². The first-order valence-corrected chi connectivity index (χ1v) is 10.3. The Labute approximate surface area is 151 Å². The van der Waals surface area contributed by atoms with Crippen LogP contribution in [0.3, 0.4) is 0 Å². The molecule has 2 N–H and O–H groups in total. The maximum atomic E-state index is 13.1. The molecule has 0 bridgehead atoms. The lowest BCUT2D eigenvalue weighted by Crippen LogP contribution is -2.42. The van der Waals surface area contributed by atoms with Gasteiger partial charge < -0.3 is 10.6 Å². The van der Waals surface area contributed by atoms with Crippen molar-refractivity contribution < 1.29 is 17.6 Å². The molecule has 1 aromatic heterocycles. The number of carbonyl (C=O) groups excluding carboxylic acids is 1. The van der Waals surface area contributed by atoms with Crippen molar-refractivity contribution in [2.75, 3.05) is 6.54 Å². The number of halogens is 1. The van der Waals surface area contributed by atoms with E-state index >= 15 is 0 Å². The standard InChI is InChI=1S/C17H21FN2O3S2/c1-3-12(2)20-17(21)19-11-16(15-5-4-10-24-15)25(22,23)14-8-6-13(18)7-9-14/h4-10,12,16H,3,11H2,1-2H3,(H2,19,20,21). The van der Waals surface area contributed by atoms with Crippen molar-refractivity contribution >= 4 is 27.2 Å². The van der Waals surface area contributed by atoms with Gasteiger partial charge in [-0.3, -0.25) is 0 Å². The maximum absolute atomic E-state index is 13.1. The third-order valence-corrected chi connectivity index (χ3v) is 7.05. The maximum Gasteiger partial charge on any atom is 0.315 e. The van der Waals surface area contributed by atoms with E-state index in [-0.39, 0.29) is 17.5 Å². The third kappa shape index (κ3) is 5.02. The first kappa shape index (κ1) is 19.4. The van der Waals surface area contributed by atoms with E-state index < -0.39 is 26.9 Å². The molecule has 2 aromatic rings. The lowest BCUT2D eigenvalue weighted by molar-refractivity contribution is 0.237. The molecule has 0 saturated heterocycles. The highest BCUT2D eigenvalue weighted by atomic mass is 32.2. The molecule has 5 nitrogen and oxygen atoms in total. The Morgan fingerprint density at radius 1 is 1.24 bits per heavy atom. The normalized spacial score (nSPS) is 13.9. The molecule has 2 amide bonds. The predicted molar refractivity (Wildman–Crippen MR) is 96.9 cm³/mol. The summed E-state index contributed by atoms with van der Waals surface area (Å²) in [5, 5.41) is 6.21. The minimum Gasteiger partial charge on any atom is -0.336 e. The number of urea groups is 1. The molecule has 2 atom stereocenters. The monoisotopic (exact) mass is 384 g/mol. The van der Waals surface area contributed by atoms with Crippen LogP contribution in [-0.4, -0.2) is 27.0 Å². The lowest BCUT2D eigenvalue weighted by atomic mass is 10.3. The van der Waals surface area contributed by atoms with Gasteiger partial charge in [0.25, 0.3) is 0 Å². The zero-order valence-electron chi connectivity index (χ0n) is 14.0. The molecule has 25 heavy (non-hydrogen) atoms. The summed E-state index contributed by atoms with van der Waals surface area (Å²) in [6.45, 7) is 3.74. The minimum absolute atomic E-state index is 0.00565. The Hall–Kier alpha value is -1.93. The first-order chi connectivity index (χ1) is 11.8. The van der Waals surface area contributed by atoms with Crippen molar-refractivity contribution in [1.29, 1.82) is 0 Å². The summed E-state index contributed by atoms with van der Waals surface area (Å²) in [6, 6.07) is 7.76. The van der Waals surface area contributed by atoms with Crippen LogP contribution in [0.4, 0.5) is 9.18 Å². The van der Waals surface area contributed by atoms with Crippen molar-refractivity contribution in [2.45, 2.75) is 36.5 Å². The molecule has 1 heterocycles. The van der Waals surface area contributed by atoms with Crippen molar-refractivity contribution in [1.82, 2.24) is 10.6 Å². The second kappa shape index (κ2) is 8.44. The second-order valence-electron chi connectivity index (χ2n) is 5.67. The van der Waals surface area contributed by atoms with E-state index in [1.165, 1.54) is 23.5 Å². The van der Waals surface area contributed by atoms with Gasteiger partial charge in [0.05, 0.1) is 4.90 Å². The summed E-state index contributed by atoms with van der Waals surface area (Å²) in [6.07, 6.45) is 0.773. The number of hydrogen-bond donors (Lipinski definition) is 2. The molecular formula is C17H21FN2O3S2. The molecule has 0 spiro atoms. The SMILES string of the molecule is CCC(C)NC(=O)NCC(c1cccs1)S(=O)(=O)c1ccc(F)cc1. The number of hydrogen-bond acceptors (Lipinski definition) is 4. The van der Waals surface area contributed by atoms with E-state index in [1.807, 2.05) is 13.8 Å². The molecule has 8 heteroatoms. The molecule has 0 aliphatic heterocycles. The van der Waals surface area contributed by atoms with Gasteiger partial charge in [-0.25, -0.2) is 17.6 Å². The zero-order chi connectivity index (χ0) is 18.4. The van der Waals surface area contributed by atoms with Gasteiger partial charge in [-0.2, -0.15) is 0 Å². The highest BCUT2D eigenvalue weighted by molar-refractivity contribution is 7.91. The summed E-state index contributed by atoms with van der Waals surface area (Å²) < 4.78 is 39.0. The number of benzene rings is 1. The first-order valence-electron chi connectivity index (χ1n) is 7.91. The third-order valence-electron chi connectivity index (χ3n) is 3.82. The van der Waals surface area contributed by atoms with Crippen LogP contribution >= 0.6 is 11.3 Å². The fourth-order valence-corrected chi connectivity index (χ4v) is 4.97. The van der Waals surface area contributed by atoms with Crippen LogP contribution in [0.5, 0.6) is 0 Å². The number of carbonyl (C=O) groups is 1. The molecule has 136 valence electrons. The average Bonchev–Trinajstić information content (AvgIpc) is 3.09. The highest BCUT2D eigenvalue weighted by Gasteiger charge is 2.30. The van der Waals surface area contributed by atoms with Gasteiger partial charge in [0.15, 0.2) is 9.84 Å². The van der Waals surface area contributed by atoms with Crippen molar-refractivity contribution in [3.63, 3.8) is 0 Å². The van der Waals surface area contributed by atoms with E-state index in [0.717, 1.165) is 18.6 Å². The van der Waals surface area contributed by atoms with Crippen molar-refractivity contribution in [2.24, 2.45) is 0 Å². The van der Waals surface area contributed by atoms with E-state index in [4.69, 9.17) is 0 Å². The molecule has 0 aliphatic rings. The van der Waals surface area contributed by atoms with Gasteiger partial charge in [-0.05, 0) is 49.1 Å². The molecular weight excluding hydrogens is 363 g/mol. The summed E-state index contributed by atoms with van der Waals surface area (Å²) in [5.41, 5.74) is 0. The highest BCUT2D eigenvalue weighted by Crippen LogP contribution is 2.31. The van der Waals surface area contributed by atoms with Gasteiger partial charge in [-0.15, -0.1) is 11.3 Å². The Kier molecular flexibility index (Phi) is 6.55. The molecule has 2 rings (SSSR count). The summed E-state index contributed by atoms with van der Waals surface area (Å²) >= 11 is 1.30. The van der Waals surface area contributed by atoms with Crippen LogP contribution in [-0.2, 0) is 9.84 Å². The van der Waals surface area contributed by atoms with Crippen molar-refractivity contribution in [3.05, 3.63) is 52.5 Å². The Morgan fingerprint density at radius 2 is 1.92 bits per heavy atom. The quantitative estimate of drug-likeness (QED) is 0.718. The topological polar surface area (TPSA) is 75.3 Å². The van der Waals surface area contributed by atoms with Gasteiger partial charge >= 0.3 is 6.03 Å². The number of thiophene rings is 1. The number of rotatable bonds is 7. The second-order valence-corrected chi connectivity index (χ2v) is 8.78. The number of nitrogens with one attached hydrogen (secondary N) is 2. The Balaban J connectivity index is 2.22. The molecule has 2 unspecified atom stereocenters. The van der Waals surface area contributed by atoms with Gasteiger partial charge in [0, 0.05) is 17.5 Å². The molecule has 0 radical (unpaired) electrons. The smallest absolute Gasteiger partial charge is 0.315 e. The van der Waals surface area contributed by atoms with Crippen LogP contribution in [0, 0.1) is 5.82 Å². The summed E-state index contributed by atoms with van der Waals surface area (Å²) in [5.74, 6) is -0.502. The zero-order valence-corrected chi connectivity index (χ0v) is 15.7. The fraction of sp³-hybridized carbons (Fsp3) is 0.353. The Morgan fingerprint density at radius 3 is 2.48 bits per heavy atom. The van der Waals surface area contributed by atoms with Crippen molar-refractivity contribution in [3.8, 4) is 0 Å². The van der Waals surface area contributed by atoms with Gasteiger partial charge in [-0.1, -0.05) is 13.0 Å². The average molecular weight is 384 g/mol. The van der Waals surface area contributed by atoms with E-state index in [2.05, 4.69) is 10.6 Å². The number of sulfone groups is 1. The van der Waals surface area contributed by atoms with Gasteiger partial charge in [0.1, 0.15) is 11.1 Å². The molecule has 1 aromatic carbocycles. The van der Waals surface area contributed by atoms with E-state index in [0.29, 0.717) is 4.88 Å². The van der Waals surface area contributed by atoms with Crippen LogP contribution in [0.2, 0.25) is 0 Å². The molecule has 0 fully saturated rings. The summed E-state index contributed by atoms with van der Waals surface area (Å²) in [7, 11) is -3.77. The molecule has 0 aliphatic carbocycles.